The first-order valence-corrected chi connectivity index (χ1v) is 9.78. The van der Waals surface area contributed by atoms with Gasteiger partial charge in [0.25, 0.3) is 0 Å². The molecule has 3 aromatic carbocycles. The average Bonchev–Trinajstić information content (AvgIpc) is 2.81. The molecule has 1 heterocycles. The van der Waals surface area contributed by atoms with Crippen LogP contribution in [0.25, 0.3) is 0 Å². The maximum Gasteiger partial charge on any atom is 0.248 e. The average molecular weight is 397 g/mol. The summed E-state index contributed by atoms with van der Waals surface area (Å²) < 4.78 is 5.91. The normalized spacial score (nSPS) is 10.4. The molecule has 0 amide bonds. The zero-order valence-electron chi connectivity index (χ0n) is 16.7. The molecule has 0 fully saturated rings. The molecule has 150 valence electrons. The van der Waals surface area contributed by atoms with E-state index in [9.17, 15) is 0 Å². The molecule has 1 aromatic heterocycles. The number of hydrogen-bond acceptors (Lipinski definition) is 6. The van der Waals surface area contributed by atoms with Crippen LogP contribution in [0.5, 0.6) is 11.6 Å². The summed E-state index contributed by atoms with van der Waals surface area (Å²) in [6.45, 7) is 2.11. The predicted octanol–water partition coefficient (Wildman–Crippen LogP) is 5.58. The van der Waals surface area contributed by atoms with Crippen LogP contribution in [-0.2, 0) is 6.42 Å². The summed E-state index contributed by atoms with van der Waals surface area (Å²) in [5, 5.41) is 1.92. The number of rotatable bonds is 7. The Labute approximate surface area is 176 Å². The molecule has 0 aliphatic rings. The lowest BCUT2D eigenvalue weighted by atomic mass is 10.2. The number of benzene rings is 3. The van der Waals surface area contributed by atoms with E-state index in [4.69, 9.17) is 10.5 Å². The fourth-order valence-electron chi connectivity index (χ4n) is 2.99. The van der Waals surface area contributed by atoms with Gasteiger partial charge < -0.3 is 10.5 Å². The lowest BCUT2D eigenvalue weighted by molar-refractivity contribution is 0.464. The van der Waals surface area contributed by atoms with Crippen LogP contribution in [0.2, 0.25) is 0 Å². The maximum atomic E-state index is 6.35. The fraction of sp³-hybridized carbons (Fsp3) is 0.0833. The van der Waals surface area contributed by atoms with Gasteiger partial charge in [-0.3, -0.25) is 10.4 Å². The second-order valence-electron chi connectivity index (χ2n) is 6.66. The molecule has 4 aromatic rings. The van der Waals surface area contributed by atoms with Gasteiger partial charge in [0, 0.05) is 0 Å². The first-order chi connectivity index (χ1) is 14.7. The van der Waals surface area contributed by atoms with Crippen molar-refractivity contribution in [2.45, 2.75) is 13.3 Å². The van der Waals surface area contributed by atoms with Crippen molar-refractivity contribution in [3.8, 4) is 11.6 Å². The standard InChI is InChI=1S/C24H23N5O/c1-2-18-13-15-21(16-14-18)30-24-22(25)23(26-17-27-24)28-29(19-9-5-3-6-10-19)20-11-7-4-8-12-20/h3-17H,2,25H2,1H3,(H,26,27,28). The van der Waals surface area contributed by atoms with Crippen LogP contribution < -0.4 is 20.9 Å². The summed E-state index contributed by atoms with van der Waals surface area (Å²) in [7, 11) is 0. The van der Waals surface area contributed by atoms with Crippen molar-refractivity contribution < 1.29 is 4.74 Å². The van der Waals surface area contributed by atoms with Crippen LogP contribution in [-0.4, -0.2) is 9.97 Å². The zero-order valence-corrected chi connectivity index (χ0v) is 16.7. The van der Waals surface area contributed by atoms with Crippen LogP contribution in [0.3, 0.4) is 0 Å². The Hall–Kier alpha value is -4.06. The number of ether oxygens (including phenoxy) is 1. The van der Waals surface area contributed by atoms with Gasteiger partial charge in [-0.15, -0.1) is 0 Å². The number of nitrogens with one attached hydrogen (secondary N) is 1. The highest BCUT2D eigenvalue weighted by Gasteiger charge is 2.15. The van der Waals surface area contributed by atoms with Crippen molar-refractivity contribution in [1.82, 2.24) is 9.97 Å². The second-order valence-corrected chi connectivity index (χ2v) is 6.66. The lowest BCUT2D eigenvalue weighted by Crippen LogP contribution is -2.25. The molecule has 0 bridgehead atoms. The summed E-state index contributed by atoms with van der Waals surface area (Å²) >= 11 is 0. The van der Waals surface area contributed by atoms with Crippen molar-refractivity contribution in [2.75, 3.05) is 16.2 Å². The van der Waals surface area contributed by atoms with Crippen LogP contribution in [0.4, 0.5) is 22.9 Å². The molecule has 30 heavy (non-hydrogen) atoms. The van der Waals surface area contributed by atoms with Crippen molar-refractivity contribution >= 4 is 22.9 Å². The fourth-order valence-corrected chi connectivity index (χ4v) is 2.99. The molecule has 0 unspecified atom stereocenters. The molecule has 4 rings (SSSR count). The van der Waals surface area contributed by atoms with Gasteiger partial charge in [0.05, 0.1) is 11.4 Å². The third kappa shape index (κ3) is 4.33. The molecule has 0 saturated carbocycles. The summed E-state index contributed by atoms with van der Waals surface area (Å²) in [5.41, 5.74) is 13.1. The van der Waals surface area contributed by atoms with E-state index in [1.165, 1.54) is 11.9 Å². The molecule has 0 saturated heterocycles. The Morgan fingerprint density at radius 3 is 2.00 bits per heavy atom. The second kappa shape index (κ2) is 8.96. The van der Waals surface area contributed by atoms with Gasteiger partial charge in [-0.2, -0.15) is 4.98 Å². The smallest absolute Gasteiger partial charge is 0.248 e. The summed E-state index contributed by atoms with van der Waals surface area (Å²) in [5.74, 6) is 1.43. The van der Waals surface area contributed by atoms with Gasteiger partial charge in [0.15, 0.2) is 5.82 Å². The Morgan fingerprint density at radius 2 is 1.43 bits per heavy atom. The summed E-state index contributed by atoms with van der Waals surface area (Å²) in [6, 6.07) is 27.7. The Bertz CT molecular complexity index is 1050. The summed E-state index contributed by atoms with van der Waals surface area (Å²) in [4.78, 5) is 8.54. The van der Waals surface area contributed by atoms with Gasteiger partial charge in [-0.1, -0.05) is 55.5 Å². The Kier molecular flexibility index (Phi) is 5.75. The van der Waals surface area contributed by atoms with E-state index in [1.807, 2.05) is 89.9 Å². The van der Waals surface area contributed by atoms with Gasteiger partial charge >= 0.3 is 0 Å². The Balaban J connectivity index is 1.63. The molecule has 0 spiro atoms. The van der Waals surface area contributed by atoms with Gasteiger partial charge in [-0.25, -0.2) is 4.98 Å². The van der Waals surface area contributed by atoms with E-state index in [2.05, 4.69) is 22.3 Å². The minimum absolute atomic E-state index is 0.304. The maximum absolute atomic E-state index is 6.35. The van der Waals surface area contributed by atoms with Gasteiger partial charge in [0.2, 0.25) is 5.88 Å². The molecular formula is C24H23N5O. The number of nitrogens with zero attached hydrogens (tertiary/aromatic N) is 3. The van der Waals surface area contributed by atoms with E-state index >= 15 is 0 Å². The number of para-hydroxylation sites is 2. The van der Waals surface area contributed by atoms with Crippen molar-refractivity contribution in [1.29, 1.82) is 0 Å². The molecule has 0 aliphatic heterocycles. The molecule has 0 radical (unpaired) electrons. The first-order valence-electron chi connectivity index (χ1n) is 9.78. The highest BCUT2D eigenvalue weighted by atomic mass is 16.5. The minimum Gasteiger partial charge on any atom is -0.437 e. The number of aromatic nitrogens is 2. The minimum atomic E-state index is 0.304. The van der Waals surface area contributed by atoms with Crippen molar-refractivity contribution in [3.63, 3.8) is 0 Å². The van der Waals surface area contributed by atoms with Gasteiger partial charge in [0.1, 0.15) is 17.8 Å². The number of nitrogen functional groups attached to an aromatic ring is 1. The van der Waals surface area contributed by atoms with E-state index in [0.29, 0.717) is 23.1 Å². The third-order valence-electron chi connectivity index (χ3n) is 4.64. The highest BCUT2D eigenvalue weighted by molar-refractivity contribution is 5.74. The van der Waals surface area contributed by atoms with E-state index < -0.39 is 0 Å². The van der Waals surface area contributed by atoms with Gasteiger partial charge in [-0.05, 0) is 48.4 Å². The van der Waals surface area contributed by atoms with Crippen LogP contribution >= 0.6 is 0 Å². The van der Waals surface area contributed by atoms with Crippen molar-refractivity contribution in [3.05, 3.63) is 96.8 Å². The topological polar surface area (TPSA) is 76.3 Å². The molecule has 0 atom stereocenters. The third-order valence-corrected chi connectivity index (χ3v) is 4.64. The highest BCUT2D eigenvalue weighted by Crippen LogP contribution is 2.32. The number of nitrogens with two attached hydrogens (primary N) is 1. The first kappa shape index (κ1) is 19.3. The number of anilines is 4. The monoisotopic (exact) mass is 397 g/mol. The van der Waals surface area contributed by atoms with Crippen molar-refractivity contribution in [2.24, 2.45) is 0 Å². The number of hydrazine groups is 1. The molecule has 3 N–H and O–H groups in total. The van der Waals surface area contributed by atoms with Crippen LogP contribution in [0.15, 0.2) is 91.3 Å². The predicted molar refractivity (Wildman–Crippen MR) is 121 cm³/mol. The zero-order chi connectivity index (χ0) is 20.8. The lowest BCUT2D eigenvalue weighted by Gasteiger charge is -2.26. The van der Waals surface area contributed by atoms with E-state index in [0.717, 1.165) is 17.8 Å². The van der Waals surface area contributed by atoms with Crippen LogP contribution in [0, 0.1) is 0 Å². The summed E-state index contributed by atoms with van der Waals surface area (Å²) in [6.07, 6.45) is 2.40. The largest absolute Gasteiger partial charge is 0.437 e. The van der Waals surface area contributed by atoms with Crippen LogP contribution in [0.1, 0.15) is 12.5 Å². The molecular weight excluding hydrogens is 374 g/mol. The number of aryl methyl sites for hydroxylation is 1. The Morgan fingerprint density at radius 1 is 0.833 bits per heavy atom. The molecule has 6 nitrogen and oxygen atoms in total. The number of hydrogen-bond donors (Lipinski definition) is 2. The molecule has 0 aliphatic carbocycles. The van der Waals surface area contributed by atoms with E-state index in [1.54, 1.807) is 0 Å². The quantitative estimate of drug-likeness (QED) is 0.397. The van der Waals surface area contributed by atoms with E-state index in [-0.39, 0.29) is 0 Å². The molecule has 6 heteroatoms. The SMILES string of the molecule is CCc1ccc(Oc2ncnc(NN(c3ccccc3)c3ccccc3)c2N)cc1.